The standard InChI is InChI=1S/C13H20N4O3S/c1-3-4-5-9(8(2)18)15-12(20)7-21-13-16-10(14)6-11(19)17-13/h6,9H,3-5,7H2,1-2H3,(H,15,20)(H3,14,16,17,19)/t9-/m0/s1. The number of carbonyl (C=O) groups excluding carboxylic acids is 2. The van der Waals surface area contributed by atoms with Gasteiger partial charge in [0, 0.05) is 6.07 Å². The number of rotatable bonds is 8. The quantitative estimate of drug-likeness (QED) is 0.480. The number of thioether (sulfide) groups is 1. The van der Waals surface area contributed by atoms with E-state index in [1.807, 2.05) is 6.92 Å². The summed E-state index contributed by atoms with van der Waals surface area (Å²) in [6.45, 7) is 3.49. The number of carbonyl (C=O) groups is 2. The van der Waals surface area contributed by atoms with Crippen LogP contribution in [0.2, 0.25) is 0 Å². The molecule has 0 saturated heterocycles. The third-order valence-corrected chi connectivity index (χ3v) is 3.63. The Hall–Kier alpha value is -1.83. The number of nitrogens with two attached hydrogens (primary N) is 1. The lowest BCUT2D eigenvalue weighted by Crippen LogP contribution is -2.40. The van der Waals surface area contributed by atoms with E-state index in [2.05, 4.69) is 15.3 Å². The maximum atomic E-state index is 11.8. The van der Waals surface area contributed by atoms with Crippen molar-refractivity contribution in [1.82, 2.24) is 15.3 Å². The van der Waals surface area contributed by atoms with Gasteiger partial charge in [0.2, 0.25) is 5.91 Å². The molecule has 8 heteroatoms. The zero-order valence-corrected chi connectivity index (χ0v) is 13.0. The average molecular weight is 312 g/mol. The van der Waals surface area contributed by atoms with Gasteiger partial charge in [0.1, 0.15) is 5.82 Å². The number of hydrogen-bond donors (Lipinski definition) is 3. The third-order valence-electron chi connectivity index (χ3n) is 2.75. The molecule has 0 aromatic carbocycles. The fraction of sp³-hybridized carbons (Fsp3) is 0.538. The predicted molar refractivity (Wildman–Crippen MR) is 82.1 cm³/mol. The van der Waals surface area contributed by atoms with E-state index in [1.54, 1.807) is 0 Å². The number of H-pyrrole nitrogens is 1. The van der Waals surface area contributed by atoms with Crippen LogP contribution in [0.25, 0.3) is 0 Å². The number of ketones is 1. The molecule has 0 fully saturated rings. The Kier molecular flexibility index (Phi) is 6.93. The maximum absolute atomic E-state index is 11.8. The highest BCUT2D eigenvalue weighted by Crippen LogP contribution is 2.11. The van der Waals surface area contributed by atoms with Crippen molar-refractivity contribution in [2.24, 2.45) is 0 Å². The highest BCUT2D eigenvalue weighted by Gasteiger charge is 2.16. The van der Waals surface area contributed by atoms with Crippen LogP contribution in [-0.2, 0) is 9.59 Å². The number of aromatic amines is 1. The van der Waals surface area contributed by atoms with Crippen molar-refractivity contribution in [3.63, 3.8) is 0 Å². The molecule has 0 bridgehead atoms. The average Bonchev–Trinajstić information content (AvgIpc) is 2.39. The smallest absolute Gasteiger partial charge is 0.253 e. The van der Waals surface area contributed by atoms with E-state index in [0.717, 1.165) is 24.6 Å². The number of aromatic nitrogens is 2. The molecule has 7 nitrogen and oxygen atoms in total. The van der Waals surface area contributed by atoms with Gasteiger partial charge < -0.3 is 16.0 Å². The van der Waals surface area contributed by atoms with Gasteiger partial charge in [0.15, 0.2) is 10.9 Å². The Balaban J connectivity index is 2.52. The molecule has 1 heterocycles. The van der Waals surface area contributed by atoms with Crippen molar-refractivity contribution in [2.45, 2.75) is 44.3 Å². The summed E-state index contributed by atoms with van der Waals surface area (Å²) in [6, 6.07) is 0.714. The topological polar surface area (TPSA) is 118 Å². The van der Waals surface area contributed by atoms with Crippen LogP contribution in [-0.4, -0.2) is 33.5 Å². The summed E-state index contributed by atoms with van der Waals surface area (Å²) < 4.78 is 0. The van der Waals surface area contributed by atoms with E-state index in [4.69, 9.17) is 5.73 Å². The van der Waals surface area contributed by atoms with E-state index >= 15 is 0 Å². The van der Waals surface area contributed by atoms with E-state index in [-0.39, 0.29) is 34.0 Å². The zero-order valence-electron chi connectivity index (χ0n) is 12.1. The summed E-state index contributed by atoms with van der Waals surface area (Å²) in [6.07, 6.45) is 2.47. The van der Waals surface area contributed by atoms with Gasteiger partial charge in [0.25, 0.3) is 5.56 Å². The number of Topliss-reactive ketones (excluding diaryl/α,β-unsaturated/α-hetero) is 1. The molecule has 1 aromatic rings. The Morgan fingerprint density at radius 3 is 2.81 bits per heavy atom. The third kappa shape index (κ3) is 6.44. The first-order valence-corrected chi connectivity index (χ1v) is 7.70. The van der Waals surface area contributed by atoms with Gasteiger partial charge in [0.05, 0.1) is 11.8 Å². The largest absolute Gasteiger partial charge is 0.383 e. The van der Waals surface area contributed by atoms with Gasteiger partial charge in [-0.25, -0.2) is 4.98 Å². The van der Waals surface area contributed by atoms with Crippen LogP contribution >= 0.6 is 11.8 Å². The number of hydrogen-bond acceptors (Lipinski definition) is 6. The van der Waals surface area contributed by atoms with Crippen molar-refractivity contribution in [3.8, 4) is 0 Å². The van der Waals surface area contributed by atoms with Gasteiger partial charge >= 0.3 is 0 Å². The minimum Gasteiger partial charge on any atom is -0.383 e. The highest BCUT2D eigenvalue weighted by molar-refractivity contribution is 7.99. The Labute approximate surface area is 127 Å². The molecule has 21 heavy (non-hydrogen) atoms. The number of nitrogens with zero attached hydrogens (tertiary/aromatic N) is 1. The molecule has 1 atom stereocenters. The van der Waals surface area contributed by atoms with E-state index in [0.29, 0.717) is 6.42 Å². The molecule has 4 N–H and O–H groups in total. The monoisotopic (exact) mass is 312 g/mol. The first kappa shape index (κ1) is 17.2. The van der Waals surface area contributed by atoms with Crippen LogP contribution in [0.4, 0.5) is 5.82 Å². The van der Waals surface area contributed by atoms with Crippen LogP contribution in [0.5, 0.6) is 0 Å². The van der Waals surface area contributed by atoms with Gasteiger partial charge in [-0.1, -0.05) is 31.5 Å². The molecule has 1 aromatic heterocycles. The summed E-state index contributed by atoms with van der Waals surface area (Å²) in [5.41, 5.74) is 5.09. The molecule has 0 unspecified atom stereocenters. The van der Waals surface area contributed by atoms with E-state index in [9.17, 15) is 14.4 Å². The van der Waals surface area contributed by atoms with Crippen LogP contribution in [0, 0.1) is 0 Å². The van der Waals surface area contributed by atoms with Crippen LogP contribution in [0.1, 0.15) is 33.1 Å². The number of nitrogens with one attached hydrogen (secondary N) is 2. The fourth-order valence-electron chi connectivity index (χ4n) is 1.68. The lowest BCUT2D eigenvalue weighted by atomic mass is 10.1. The maximum Gasteiger partial charge on any atom is 0.253 e. The number of unbranched alkanes of at least 4 members (excludes halogenated alkanes) is 1. The molecule has 0 spiro atoms. The second kappa shape index (κ2) is 8.46. The van der Waals surface area contributed by atoms with Gasteiger partial charge in [-0.3, -0.25) is 14.4 Å². The summed E-state index contributed by atoms with van der Waals surface area (Å²) in [5.74, 6) is -0.174. The molecule has 0 aliphatic heterocycles. The number of amides is 1. The SMILES string of the molecule is CCCC[C@H](NC(=O)CSc1nc(N)cc(=O)[nH]1)C(C)=O. The second-order valence-corrected chi connectivity index (χ2v) is 5.60. The van der Waals surface area contributed by atoms with E-state index in [1.165, 1.54) is 13.0 Å². The second-order valence-electron chi connectivity index (χ2n) is 4.64. The van der Waals surface area contributed by atoms with Gasteiger partial charge in [-0.05, 0) is 13.3 Å². The fourth-order valence-corrected chi connectivity index (χ4v) is 2.37. The molecule has 0 radical (unpaired) electrons. The molecule has 0 aliphatic rings. The summed E-state index contributed by atoms with van der Waals surface area (Å²) in [7, 11) is 0. The molecule has 1 rings (SSSR count). The van der Waals surface area contributed by atoms with Gasteiger partial charge in [-0.2, -0.15) is 0 Å². The van der Waals surface area contributed by atoms with Crippen LogP contribution < -0.4 is 16.6 Å². The van der Waals surface area contributed by atoms with Crippen LogP contribution in [0.3, 0.4) is 0 Å². The van der Waals surface area contributed by atoms with E-state index < -0.39 is 6.04 Å². The summed E-state index contributed by atoms with van der Waals surface area (Å²) >= 11 is 1.06. The summed E-state index contributed by atoms with van der Waals surface area (Å²) in [4.78, 5) is 40.9. The van der Waals surface area contributed by atoms with Crippen molar-refractivity contribution < 1.29 is 9.59 Å². The zero-order chi connectivity index (χ0) is 15.8. The molecular weight excluding hydrogens is 292 g/mol. The number of nitrogen functional groups attached to an aromatic ring is 1. The first-order chi connectivity index (χ1) is 9.92. The molecule has 0 saturated carbocycles. The Morgan fingerprint density at radius 2 is 2.24 bits per heavy atom. The predicted octanol–water partition coefficient (Wildman–Crippen LogP) is 0.708. The van der Waals surface area contributed by atoms with Crippen molar-refractivity contribution >= 4 is 29.3 Å². The lowest BCUT2D eigenvalue weighted by molar-refractivity contribution is -0.125. The molecule has 0 aliphatic carbocycles. The molecule has 116 valence electrons. The Morgan fingerprint density at radius 1 is 1.52 bits per heavy atom. The van der Waals surface area contributed by atoms with Crippen molar-refractivity contribution in [3.05, 3.63) is 16.4 Å². The first-order valence-electron chi connectivity index (χ1n) is 6.71. The summed E-state index contributed by atoms with van der Waals surface area (Å²) in [5, 5.41) is 2.97. The molecular formula is C13H20N4O3S. The molecule has 1 amide bonds. The minimum absolute atomic E-state index is 0.0578. The minimum atomic E-state index is -0.453. The van der Waals surface area contributed by atoms with Crippen molar-refractivity contribution in [2.75, 3.05) is 11.5 Å². The lowest BCUT2D eigenvalue weighted by Gasteiger charge is -2.15. The van der Waals surface area contributed by atoms with Crippen molar-refractivity contribution in [1.29, 1.82) is 0 Å². The van der Waals surface area contributed by atoms with Gasteiger partial charge in [-0.15, -0.1) is 0 Å². The Bertz CT molecular complexity index is 559. The van der Waals surface area contributed by atoms with Crippen LogP contribution in [0.15, 0.2) is 16.0 Å². The normalized spacial score (nSPS) is 11.9. The highest BCUT2D eigenvalue weighted by atomic mass is 32.2. The number of anilines is 1.